The first-order chi connectivity index (χ1) is 12.0. The van der Waals surface area contributed by atoms with Crippen molar-refractivity contribution in [2.45, 2.75) is 17.9 Å². The van der Waals surface area contributed by atoms with Gasteiger partial charge in [0, 0.05) is 0 Å². The molecule has 0 aliphatic rings. The van der Waals surface area contributed by atoms with Crippen LogP contribution in [0.3, 0.4) is 0 Å². The van der Waals surface area contributed by atoms with Crippen molar-refractivity contribution < 1.29 is 39.8 Å². The van der Waals surface area contributed by atoms with Crippen LogP contribution in [-0.4, -0.2) is 21.4 Å². The fourth-order valence-corrected chi connectivity index (χ4v) is 3.25. The third kappa shape index (κ3) is 5.36. The van der Waals surface area contributed by atoms with Crippen LogP contribution in [0.4, 0.5) is 27.6 Å². The van der Waals surface area contributed by atoms with Gasteiger partial charge in [0.05, 0.1) is 10.7 Å². The van der Waals surface area contributed by atoms with Gasteiger partial charge in [0.15, 0.2) is 0 Å². The second-order valence-electron chi connectivity index (χ2n) is 4.62. The van der Waals surface area contributed by atoms with E-state index in [1.807, 2.05) is 4.72 Å². The zero-order valence-electron chi connectivity index (χ0n) is 12.4. The van der Waals surface area contributed by atoms with Gasteiger partial charge in [0.2, 0.25) is 0 Å². The van der Waals surface area contributed by atoms with Crippen LogP contribution < -0.4 is 14.2 Å². The van der Waals surface area contributed by atoms with Crippen LogP contribution in [-0.2, 0) is 10.0 Å². The zero-order chi connectivity index (χ0) is 19.5. The molecule has 2 rings (SSSR count). The molecule has 1 N–H and O–H groups in total. The molecule has 0 saturated carbocycles. The predicted octanol–water partition coefficient (Wildman–Crippen LogP) is 4.64. The molecule has 0 bridgehead atoms. The van der Waals surface area contributed by atoms with Crippen molar-refractivity contribution in [3.8, 4) is 11.5 Å². The lowest BCUT2D eigenvalue weighted by atomic mass is 10.3. The monoisotopic (exact) mass is 417 g/mol. The van der Waals surface area contributed by atoms with Gasteiger partial charge in [-0.1, -0.05) is 23.7 Å². The van der Waals surface area contributed by atoms with E-state index >= 15 is 0 Å². The van der Waals surface area contributed by atoms with Gasteiger partial charge in [0.25, 0.3) is 10.0 Å². The van der Waals surface area contributed by atoms with Gasteiger partial charge in [-0.05, 0) is 30.3 Å². The number of halogens is 6. The molecule has 26 heavy (non-hydrogen) atoms. The van der Waals surface area contributed by atoms with Gasteiger partial charge in [-0.15, -0.1) is 13.2 Å². The molecule has 0 radical (unpaired) electrons. The molecular formula is C14H9ClF5NO4S. The van der Waals surface area contributed by atoms with Gasteiger partial charge in [-0.25, -0.2) is 8.42 Å². The van der Waals surface area contributed by atoms with Crippen LogP contribution in [0, 0.1) is 0 Å². The molecule has 2 aromatic carbocycles. The minimum atomic E-state index is -5.09. The predicted molar refractivity (Wildman–Crippen MR) is 82.0 cm³/mol. The van der Waals surface area contributed by atoms with Crippen LogP contribution in [0.2, 0.25) is 5.02 Å². The van der Waals surface area contributed by atoms with E-state index in [0.717, 1.165) is 36.4 Å². The van der Waals surface area contributed by atoms with Crippen LogP contribution in [0.5, 0.6) is 11.5 Å². The molecule has 0 heterocycles. The molecule has 0 unspecified atom stereocenters. The summed E-state index contributed by atoms with van der Waals surface area (Å²) in [7, 11) is -4.49. The number of sulfonamides is 1. The van der Waals surface area contributed by atoms with Gasteiger partial charge < -0.3 is 9.47 Å². The Hall–Kier alpha value is -2.27. The Morgan fingerprint density at radius 1 is 1.04 bits per heavy atom. The summed E-state index contributed by atoms with van der Waals surface area (Å²) in [5.74, 6) is -1.33. The normalized spacial score (nSPS) is 12.1. The minimum absolute atomic E-state index is 0.182. The Morgan fingerprint density at radius 2 is 1.69 bits per heavy atom. The van der Waals surface area contributed by atoms with E-state index in [9.17, 15) is 30.4 Å². The Morgan fingerprint density at radius 3 is 2.27 bits per heavy atom. The highest BCUT2D eigenvalue weighted by atomic mass is 35.5. The quantitative estimate of drug-likeness (QED) is 0.695. The van der Waals surface area contributed by atoms with E-state index in [1.54, 1.807) is 0 Å². The van der Waals surface area contributed by atoms with E-state index < -0.39 is 39.4 Å². The Labute approximate surface area is 149 Å². The van der Waals surface area contributed by atoms with Crippen LogP contribution in [0.1, 0.15) is 0 Å². The standard InChI is InChI=1S/C14H9ClF5NO4S/c15-9-7-8(5-6-10(9)24-13(16)17)21-26(22,23)12-4-2-1-3-11(12)25-14(18,19)20/h1-7,13,21H. The van der Waals surface area contributed by atoms with Gasteiger partial charge in [-0.2, -0.15) is 8.78 Å². The highest BCUT2D eigenvalue weighted by molar-refractivity contribution is 7.92. The first kappa shape index (κ1) is 20.0. The summed E-state index contributed by atoms with van der Waals surface area (Å²) in [5, 5.41) is -0.328. The lowest BCUT2D eigenvalue weighted by molar-refractivity contribution is -0.275. The topological polar surface area (TPSA) is 64.6 Å². The second kappa shape index (κ2) is 7.54. The summed E-state index contributed by atoms with van der Waals surface area (Å²) < 4.78 is 96.0. The van der Waals surface area contributed by atoms with Gasteiger partial charge in [-0.3, -0.25) is 4.72 Å². The Bertz CT molecular complexity index is 889. The molecule has 5 nitrogen and oxygen atoms in total. The molecule has 0 aromatic heterocycles. The number of hydrogen-bond donors (Lipinski definition) is 1. The summed E-state index contributed by atoms with van der Waals surface area (Å²) in [5.41, 5.74) is -0.182. The third-order valence-corrected chi connectivity index (χ3v) is 4.48. The number of rotatable bonds is 6. The van der Waals surface area contributed by atoms with Gasteiger partial charge >= 0.3 is 13.0 Å². The highest BCUT2D eigenvalue weighted by Gasteiger charge is 2.34. The second-order valence-corrected chi connectivity index (χ2v) is 6.68. The molecular weight excluding hydrogens is 409 g/mol. The summed E-state index contributed by atoms with van der Waals surface area (Å²) in [6, 6.07) is 7.08. The molecule has 0 fully saturated rings. The fraction of sp³-hybridized carbons (Fsp3) is 0.143. The molecule has 0 spiro atoms. The molecule has 142 valence electrons. The maximum atomic E-state index is 12.4. The maximum Gasteiger partial charge on any atom is 0.573 e. The van der Waals surface area contributed by atoms with Crippen molar-refractivity contribution in [2.24, 2.45) is 0 Å². The van der Waals surface area contributed by atoms with E-state index in [4.69, 9.17) is 11.6 Å². The average molecular weight is 418 g/mol. The number of para-hydroxylation sites is 1. The third-order valence-electron chi connectivity index (χ3n) is 2.76. The Kier molecular flexibility index (Phi) is 5.81. The summed E-state index contributed by atoms with van der Waals surface area (Å²) in [4.78, 5) is -0.777. The fourth-order valence-electron chi connectivity index (χ4n) is 1.85. The van der Waals surface area contributed by atoms with E-state index in [1.165, 1.54) is 6.07 Å². The highest BCUT2D eigenvalue weighted by Crippen LogP contribution is 2.33. The number of benzene rings is 2. The molecule has 0 amide bonds. The number of anilines is 1. The van der Waals surface area contributed by atoms with E-state index in [2.05, 4.69) is 9.47 Å². The van der Waals surface area contributed by atoms with Crippen LogP contribution in [0.15, 0.2) is 47.4 Å². The number of nitrogens with one attached hydrogen (secondary N) is 1. The molecule has 0 aliphatic heterocycles. The van der Waals surface area contributed by atoms with Crippen molar-refractivity contribution in [1.29, 1.82) is 0 Å². The molecule has 2 aromatic rings. The summed E-state index contributed by atoms with van der Waals surface area (Å²) in [6.07, 6.45) is -5.09. The maximum absolute atomic E-state index is 12.4. The zero-order valence-corrected chi connectivity index (χ0v) is 14.0. The Balaban J connectivity index is 2.31. The van der Waals surface area contributed by atoms with Gasteiger partial charge in [0.1, 0.15) is 16.4 Å². The lowest BCUT2D eigenvalue weighted by Crippen LogP contribution is -2.20. The van der Waals surface area contributed by atoms with Crippen molar-refractivity contribution in [3.05, 3.63) is 47.5 Å². The van der Waals surface area contributed by atoms with Crippen molar-refractivity contribution >= 4 is 27.3 Å². The lowest BCUT2D eigenvalue weighted by Gasteiger charge is -2.15. The van der Waals surface area contributed by atoms with Crippen LogP contribution >= 0.6 is 11.6 Å². The molecule has 12 heteroatoms. The summed E-state index contributed by atoms with van der Waals surface area (Å²) >= 11 is 5.70. The first-order valence-corrected chi connectivity index (χ1v) is 8.46. The van der Waals surface area contributed by atoms with Crippen molar-refractivity contribution in [1.82, 2.24) is 0 Å². The molecule has 0 aliphatic carbocycles. The van der Waals surface area contributed by atoms with Crippen LogP contribution in [0.25, 0.3) is 0 Å². The van der Waals surface area contributed by atoms with Crippen molar-refractivity contribution in [3.63, 3.8) is 0 Å². The molecule has 0 atom stereocenters. The first-order valence-electron chi connectivity index (χ1n) is 6.60. The van der Waals surface area contributed by atoms with E-state index in [-0.39, 0.29) is 10.7 Å². The summed E-state index contributed by atoms with van der Waals surface area (Å²) in [6.45, 7) is -3.14. The molecule has 0 saturated heterocycles. The SMILES string of the molecule is O=S(=O)(Nc1ccc(OC(F)F)c(Cl)c1)c1ccccc1OC(F)(F)F. The largest absolute Gasteiger partial charge is 0.573 e. The minimum Gasteiger partial charge on any atom is -0.433 e. The van der Waals surface area contributed by atoms with Crippen molar-refractivity contribution in [2.75, 3.05) is 4.72 Å². The number of ether oxygens (including phenoxy) is 2. The van der Waals surface area contributed by atoms with E-state index in [0.29, 0.717) is 0 Å². The smallest absolute Gasteiger partial charge is 0.433 e. The number of alkyl halides is 5. The number of hydrogen-bond acceptors (Lipinski definition) is 4. The average Bonchev–Trinajstić information content (AvgIpc) is 2.48.